The van der Waals surface area contributed by atoms with Crippen molar-refractivity contribution in [1.82, 2.24) is 20.2 Å². The molecule has 1 heterocycles. The average molecular weight is 294 g/mol. The Labute approximate surface area is 119 Å². The maximum Gasteiger partial charge on any atom is 0.304 e. The van der Waals surface area contributed by atoms with E-state index in [1.54, 1.807) is 11.8 Å². The number of carbonyl (C=O) groups is 1. The molecule has 2 rings (SSSR count). The Balaban J connectivity index is 2.10. The van der Waals surface area contributed by atoms with Crippen LogP contribution in [0, 0.1) is 0 Å². The zero-order chi connectivity index (χ0) is 14.4. The van der Waals surface area contributed by atoms with Gasteiger partial charge in [-0.05, 0) is 22.6 Å². The fourth-order valence-electron chi connectivity index (χ4n) is 1.61. The number of methoxy groups -OCH3 is 1. The third-order valence-electron chi connectivity index (χ3n) is 2.54. The van der Waals surface area contributed by atoms with Gasteiger partial charge in [0.1, 0.15) is 11.4 Å². The van der Waals surface area contributed by atoms with Gasteiger partial charge in [-0.2, -0.15) is 16.4 Å². The minimum atomic E-state index is -0.804. The molecule has 0 spiro atoms. The molecule has 0 aliphatic heterocycles. The summed E-state index contributed by atoms with van der Waals surface area (Å²) < 4.78 is 6.88. The molecule has 0 amide bonds. The topological polar surface area (TPSA) is 90.1 Å². The Morgan fingerprint density at radius 1 is 1.45 bits per heavy atom. The molecule has 0 unspecified atom stereocenters. The number of aliphatic carboxylic acids is 1. The van der Waals surface area contributed by atoms with E-state index in [0.717, 1.165) is 5.69 Å². The molecule has 1 aromatic heterocycles. The average Bonchev–Trinajstić information content (AvgIpc) is 2.91. The molecule has 106 valence electrons. The summed E-state index contributed by atoms with van der Waals surface area (Å²) in [7, 11) is 1.59. The summed E-state index contributed by atoms with van der Waals surface area (Å²) in [6.07, 6.45) is 0.126. The van der Waals surface area contributed by atoms with Crippen LogP contribution >= 0.6 is 11.8 Å². The second-order valence-corrected chi connectivity index (χ2v) is 4.98. The lowest BCUT2D eigenvalue weighted by molar-refractivity contribution is -0.136. The molecule has 0 saturated heterocycles. The molecule has 8 heteroatoms. The number of hydrogen-bond acceptors (Lipinski definition) is 6. The van der Waals surface area contributed by atoms with E-state index in [9.17, 15) is 4.79 Å². The first-order valence-electron chi connectivity index (χ1n) is 5.92. The van der Waals surface area contributed by atoms with Crippen LogP contribution in [0.2, 0.25) is 0 Å². The highest BCUT2D eigenvalue weighted by atomic mass is 32.2. The molecule has 0 radical (unpaired) electrons. The molecule has 0 aliphatic rings. The quantitative estimate of drug-likeness (QED) is 0.771. The van der Waals surface area contributed by atoms with Crippen molar-refractivity contribution >= 4 is 17.7 Å². The molecular weight excluding hydrogens is 280 g/mol. The van der Waals surface area contributed by atoms with Gasteiger partial charge in [0.05, 0.1) is 19.3 Å². The first-order valence-corrected chi connectivity index (χ1v) is 7.08. The number of rotatable bonds is 7. The second kappa shape index (κ2) is 6.90. The number of benzene rings is 1. The van der Waals surface area contributed by atoms with Gasteiger partial charge in [0.15, 0.2) is 5.82 Å². The van der Waals surface area contributed by atoms with Crippen molar-refractivity contribution in [2.75, 3.05) is 12.9 Å². The van der Waals surface area contributed by atoms with Crippen LogP contribution in [-0.2, 0) is 10.5 Å². The number of tetrazole rings is 1. The van der Waals surface area contributed by atoms with Crippen molar-refractivity contribution in [2.45, 2.75) is 12.2 Å². The van der Waals surface area contributed by atoms with Gasteiger partial charge < -0.3 is 9.84 Å². The number of thioether (sulfide) groups is 1. The lowest BCUT2D eigenvalue weighted by atomic mass is 10.3. The van der Waals surface area contributed by atoms with Gasteiger partial charge in [0.25, 0.3) is 0 Å². The highest BCUT2D eigenvalue weighted by Gasteiger charge is 2.12. The van der Waals surface area contributed by atoms with Gasteiger partial charge in [-0.25, -0.2) is 0 Å². The largest absolute Gasteiger partial charge is 0.494 e. The van der Waals surface area contributed by atoms with Crippen LogP contribution in [0.3, 0.4) is 0 Å². The summed E-state index contributed by atoms with van der Waals surface area (Å²) >= 11 is 1.48. The number of hydrogen-bond donors (Lipinski definition) is 1. The van der Waals surface area contributed by atoms with Gasteiger partial charge in [-0.15, -0.1) is 5.10 Å². The highest BCUT2D eigenvalue weighted by molar-refractivity contribution is 7.98. The summed E-state index contributed by atoms with van der Waals surface area (Å²) in [5, 5.41) is 20.2. The highest BCUT2D eigenvalue weighted by Crippen LogP contribution is 2.23. The van der Waals surface area contributed by atoms with Crippen molar-refractivity contribution in [3.8, 4) is 11.4 Å². The molecular formula is C12H14N4O3S. The third kappa shape index (κ3) is 3.47. The van der Waals surface area contributed by atoms with Gasteiger partial charge >= 0.3 is 5.97 Å². The third-order valence-corrected chi connectivity index (χ3v) is 3.49. The normalized spacial score (nSPS) is 10.4. The van der Waals surface area contributed by atoms with Crippen LogP contribution < -0.4 is 4.74 Å². The Hall–Kier alpha value is -2.09. The van der Waals surface area contributed by atoms with Crippen LogP contribution in [0.1, 0.15) is 12.2 Å². The number of para-hydroxylation sites is 2. The number of aromatic nitrogens is 4. The summed E-state index contributed by atoms with van der Waals surface area (Å²) in [6.45, 7) is 0. The second-order valence-electron chi connectivity index (χ2n) is 3.88. The van der Waals surface area contributed by atoms with Gasteiger partial charge in [-0.3, -0.25) is 4.79 Å². The standard InChI is InChI=1S/C12H14N4O3S/c1-19-10-5-3-2-4-9(10)16-11(13-14-15-16)8-20-7-6-12(17)18/h2-5H,6-8H2,1H3,(H,17,18). The van der Waals surface area contributed by atoms with Gasteiger partial charge in [-0.1, -0.05) is 12.1 Å². The molecule has 0 aliphatic carbocycles. The molecule has 7 nitrogen and oxygen atoms in total. The summed E-state index contributed by atoms with van der Waals surface area (Å²) in [4.78, 5) is 10.5. The van der Waals surface area contributed by atoms with Crippen LogP contribution in [0.15, 0.2) is 24.3 Å². The van der Waals surface area contributed by atoms with Crippen LogP contribution in [0.25, 0.3) is 5.69 Å². The van der Waals surface area contributed by atoms with E-state index in [0.29, 0.717) is 23.1 Å². The SMILES string of the molecule is COc1ccccc1-n1nnnc1CSCCC(=O)O. The molecule has 0 saturated carbocycles. The lowest BCUT2D eigenvalue weighted by Gasteiger charge is -2.08. The zero-order valence-corrected chi connectivity index (χ0v) is 11.7. The van der Waals surface area contributed by atoms with Crippen LogP contribution in [-0.4, -0.2) is 44.1 Å². The van der Waals surface area contributed by atoms with Crippen molar-refractivity contribution in [3.05, 3.63) is 30.1 Å². The van der Waals surface area contributed by atoms with E-state index < -0.39 is 5.97 Å². The lowest BCUT2D eigenvalue weighted by Crippen LogP contribution is -2.05. The van der Waals surface area contributed by atoms with Gasteiger partial charge in [0, 0.05) is 5.75 Å². The van der Waals surface area contributed by atoms with E-state index >= 15 is 0 Å². The van der Waals surface area contributed by atoms with Gasteiger partial charge in [0.2, 0.25) is 0 Å². The zero-order valence-electron chi connectivity index (χ0n) is 10.9. The predicted molar refractivity (Wildman–Crippen MR) is 74.1 cm³/mol. The first kappa shape index (κ1) is 14.3. The number of carboxylic acid groups (broad SMARTS) is 1. The molecule has 1 N–H and O–H groups in total. The Kier molecular flexibility index (Phi) is 4.94. The predicted octanol–water partition coefficient (Wildman–Crippen LogP) is 1.38. The fraction of sp³-hybridized carbons (Fsp3) is 0.333. The van der Waals surface area contributed by atoms with Crippen LogP contribution in [0.5, 0.6) is 5.75 Å². The Bertz CT molecular complexity index is 588. The maximum atomic E-state index is 10.5. The number of ether oxygens (including phenoxy) is 1. The molecule has 20 heavy (non-hydrogen) atoms. The summed E-state index contributed by atoms with van der Waals surface area (Å²) in [6, 6.07) is 7.44. The Morgan fingerprint density at radius 3 is 3.00 bits per heavy atom. The summed E-state index contributed by atoms with van der Waals surface area (Å²) in [5.41, 5.74) is 0.758. The van der Waals surface area contributed by atoms with Crippen molar-refractivity contribution in [2.24, 2.45) is 0 Å². The van der Waals surface area contributed by atoms with E-state index in [-0.39, 0.29) is 6.42 Å². The molecule has 0 fully saturated rings. The number of nitrogens with zero attached hydrogens (tertiary/aromatic N) is 4. The molecule has 0 bridgehead atoms. The van der Waals surface area contributed by atoms with E-state index in [1.807, 2.05) is 24.3 Å². The molecule has 1 aromatic carbocycles. The Morgan fingerprint density at radius 2 is 2.25 bits per heavy atom. The van der Waals surface area contributed by atoms with E-state index in [2.05, 4.69) is 15.5 Å². The maximum absolute atomic E-state index is 10.5. The smallest absolute Gasteiger partial charge is 0.304 e. The molecule has 2 aromatic rings. The monoisotopic (exact) mass is 294 g/mol. The van der Waals surface area contributed by atoms with Crippen molar-refractivity contribution < 1.29 is 14.6 Å². The van der Waals surface area contributed by atoms with Crippen molar-refractivity contribution in [3.63, 3.8) is 0 Å². The minimum absolute atomic E-state index is 0.126. The number of carboxylic acids is 1. The summed E-state index contributed by atoms with van der Waals surface area (Å²) in [5.74, 6) is 1.59. The van der Waals surface area contributed by atoms with E-state index in [1.165, 1.54) is 11.8 Å². The first-order chi connectivity index (χ1) is 9.72. The minimum Gasteiger partial charge on any atom is -0.494 e. The van der Waals surface area contributed by atoms with E-state index in [4.69, 9.17) is 9.84 Å². The van der Waals surface area contributed by atoms with Crippen molar-refractivity contribution in [1.29, 1.82) is 0 Å². The van der Waals surface area contributed by atoms with Crippen LogP contribution in [0.4, 0.5) is 0 Å². The molecule has 0 atom stereocenters. The fourth-order valence-corrected chi connectivity index (χ4v) is 2.44.